The predicted octanol–water partition coefficient (Wildman–Crippen LogP) is 1.09. The number of rotatable bonds is 2. The normalized spacial score (nSPS) is 18.1. The summed E-state index contributed by atoms with van der Waals surface area (Å²) in [7, 11) is 1.77. The Bertz CT molecular complexity index is 504. The number of aromatic nitrogens is 1. The smallest absolute Gasteiger partial charge is 0.241 e. The van der Waals surface area contributed by atoms with Crippen molar-refractivity contribution in [2.45, 2.75) is 33.1 Å². The van der Waals surface area contributed by atoms with E-state index in [1.807, 2.05) is 13.8 Å². The lowest BCUT2D eigenvalue weighted by atomic mass is 9.98. The van der Waals surface area contributed by atoms with Crippen LogP contribution in [0.3, 0.4) is 0 Å². The molecule has 6 nitrogen and oxygen atoms in total. The Hall–Kier alpha value is -1.85. The fourth-order valence-corrected chi connectivity index (χ4v) is 2.68. The molecule has 1 aromatic heterocycles. The van der Waals surface area contributed by atoms with Crippen LogP contribution in [0, 0.1) is 13.8 Å². The third-order valence-electron chi connectivity index (χ3n) is 3.88. The predicted molar refractivity (Wildman–Crippen MR) is 73.2 cm³/mol. The quantitative estimate of drug-likeness (QED) is 0.812. The zero-order chi connectivity index (χ0) is 14.9. The van der Waals surface area contributed by atoms with E-state index in [1.165, 1.54) is 0 Å². The average molecular weight is 279 g/mol. The summed E-state index contributed by atoms with van der Waals surface area (Å²) in [6, 6.07) is 0. The van der Waals surface area contributed by atoms with Crippen molar-refractivity contribution < 1.29 is 14.1 Å². The van der Waals surface area contributed by atoms with E-state index in [4.69, 9.17) is 4.52 Å². The van der Waals surface area contributed by atoms with Crippen LogP contribution in [0.15, 0.2) is 4.52 Å². The molecule has 0 aromatic carbocycles. The Balaban J connectivity index is 2.16. The van der Waals surface area contributed by atoms with Crippen LogP contribution >= 0.6 is 0 Å². The maximum absolute atomic E-state index is 12.6. The molecule has 1 aliphatic rings. The Kier molecular flexibility index (Phi) is 4.11. The summed E-state index contributed by atoms with van der Waals surface area (Å²) in [4.78, 5) is 27.8. The molecule has 0 unspecified atom stereocenters. The molecule has 1 fully saturated rings. The molecule has 0 bridgehead atoms. The fraction of sp³-hybridized carbons (Fsp3) is 0.643. The van der Waals surface area contributed by atoms with Crippen LogP contribution in [0.4, 0.5) is 0 Å². The largest absolute Gasteiger partial charge is 0.361 e. The van der Waals surface area contributed by atoms with Gasteiger partial charge in [-0.25, -0.2) is 0 Å². The number of amides is 2. The van der Waals surface area contributed by atoms with Gasteiger partial charge in [-0.15, -0.1) is 0 Å². The molecule has 2 amide bonds. The number of carbonyl (C=O) groups excluding carboxylic acids is 2. The lowest BCUT2D eigenvalue weighted by Gasteiger charge is -2.23. The summed E-state index contributed by atoms with van der Waals surface area (Å²) in [5, 5.41) is 3.89. The van der Waals surface area contributed by atoms with Crippen LogP contribution in [0.2, 0.25) is 0 Å². The van der Waals surface area contributed by atoms with Crippen LogP contribution in [-0.2, 0) is 9.59 Å². The van der Waals surface area contributed by atoms with Gasteiger partial charge in [0.05, 0.1) is 18.2 Å². The lowest BCUT2D eigenvalue weighted by Crippen LogP contribution is -2.40. The van der Waals surface area contributed by atoms with Crippen molar-refractivity contribution in [1.82, 2.24) is 15.0 Å². The molecule has 1 atom stereocenters. The topological polar surface area (TPSA) is 66.7 Å². The van der Waals surface area contributed by atoms with Gasteiger partial charge < -0.3 is 14.3 Å². The van der Waals surface area contributed by atoms with Crippen molar-refractivity contribution in [3.05, 3.63) is 17.0 Å². The molecule has 1 aromatic rings. The number of aryl methyl sites for hydroxylation is 2. The van der Waals surface area contributed by atoms with Crippen LogP contribution < -0.4 is 0 Å². The molecular weight excluding hydrogens is 258 g/mol. The molecule has 6 heteroatoms. The minimum atomic E-state index is -0.336. The molecule has 1 aliphatic heterocycles. The number of hydrogen-bond acceptors (Lipinski definition) is 4. The van der Waals surface area contributed by atoms with E-state index in [9.17, 15) is 9.59 Å². The van der Waals surface area contributed by atoms with Crippen LogP contribution in [0.1, 0.15) is 36.3 Å². The summed E-state index contributed by atoms with van der Waals surface area (Å²) >= 11 is 0. The lowest BCUT2D eigenvalue weighted by molar-refractivity contribution is -0.138. The van der Waals surface area contributed by atoms with E-state index in [1.54, 1.807) is 23.8 Å². The van der Waals surface area contributed by atoms with Crippen LogP contribution in [-0.4, -0.2) is 53.5 Å². The Morgan fingerprint density at radius 2 is 2.05 bits per heavy atom. The van der Waals surface area contributed by atoms with Crippen LogP contribution in [0.25, 0.3) is 0 Å². The minimum Gasteiger partial charge on any atom is -0.361 e. The van der Waals surface area contributed by atoms with Gasteiger partial charge in [0.2, 0.25) is 11.8 Å². The van der Waals surface area contributed by atoms with Gasteiger partial charge in [-0.3, -0.25) is 9.59 Å². The third kappa shape index (κ3) is 2.69. The molecule has 2 rings (SSSR count). The van der Waals surface area contributed by atoms with Gasteiger partial charge in [0, 0.05) is 25.7 Å². The zero-order valence-electron chi connectivity index (χ0n) is 12.5. The fourth-order valence-electron chi connectivity index (χ4n) is 2.68. The average Bonchev–Trinajstić information content (AvgIpc) is 2.64. The van der Waals surface area contributed by atoms with Gasteiger partial charge in [-0.05, 0) is 27.2 Å². The maximum Gasteiger partial charge on any atom is 0.241 e. The molecule has 110 valence electrons. The Labute approximate surface area is 118 Å². The highest BCUT2D eigenvalue weighted by molar-refractivity contribution is 5.88. The maximum atomic E-state index is 12.6. The van der Waals surface area contributed by atoms with Crippen molar-refractivity contribution in [1.29, 1.82) is 0 Å². The summed E-state index contributed by atoms with van der Waals surface area (Å²) in [5.41, 5.74) is 1.57. The first-order chi connectivity index (χ1) is 9.41. The van der Waals surface area contributed by atoms with Crippen molar-refractivity contribution in [3.8, 4) is 0 Å². The highest BCUT2D eigenvalue weighted by atomic mass is 16.5. The Morgan fingerprint density at radius 3 is 2.65 bits per heavy atom. The van der Waals surface area contributed by atoms with E-state index < -0.39 is 0 Å². The second kappa shape index (κ2) is 5.64. The summed E-state index contributed by atoms with van der Waals surface area (Å²) < 4.78 is 5.12. The van der Waals surface area contributed by atoms with Gasteiger partial charge in [0.15, 0.2) is 0 Å². The second-order valence-electron chi connectivity index (χ2n) is 5.39. The van der Waals surface area contributed by atoms with Crippen molar-refractivity contribution in [2.75, 3.05) is 26.7 Å². The van der Waals surface area contributed by atoms with Gasteiger partial charge in [0.25, 0.3) is 0 Å². The summed E-state index contributed by atoms with van der Waals surface area (Å²) in [6.45, 7) is 6.94. The zero-order valence-corrected chi connectivity index (χ0v) is 12.5. The number of carbonyl (C=O) groups is 2. The van der Waals surface area contributed by atoms with E-state index in [2.05, 4.69) is 5.16 Å². The molecule has 0 saturated carbocycles. The van der Waals surface area contributed by atoms with Gasteiger partial charge in [-0.2, -0.15) is 0 Å². The van der Waals surface area contributed by atoms with Gasteiger partial charge in [-0.1, -0.05) is 5.16 Å². The van der Waals surface area contributed by atoms with Crippen LogP contribution in [0.5, 0.6) is 0 Å². The SMILES string of the molecule is Cc1noc(C)c1[C@@H](C)C(=O)N1CCCN(C)C(=O)C1. The first kappa shape index (κ1) is 14.6. The number of likely N-dealkylation sites (N-methyl/N-ethyl adjacent to an activating group) is 1. The van der Waals surface area contributed by atoms with E-state index in [0.717, 1.165) is 17.7 Å². The first-order valence-corrected chi connectivity index (χ1v) is 6.87. The van der Waals surface area contributed by atoms with E-state index in [-0.39, 0.29) is 24.3 Å². The standard InChI is InChI=1S/C14H21N3O3/c1-9(13-10(2)15-20-11(13)3)14(19)17-7-5-6-16(4)12(18)8-17/h9H,5-8H2,1-4H3/t9-/m1/s1. The monoisotopic (exact) mass is 279 g/mol. The molecule has 0 spiro atoms. The molecule has 2 heterocycles. The van der Waals surface area contributed by atoms with Gasteiger partial charge >= 0.3 is 0 Å². The molecule has 0 radical (unpaired) electrons. The van der Waals surface area contributed by atoms with Crippen molar-refractivity contribution in [3.63, 3.8) is 0 Å². The van der Waals surface area contributed by atoms with Gasteiger partial charge in [0.1, 0.15) is 5.76 Å². The molecule has 0 aliphatic carbocycles. The molecule has 1 saturated heterocycles. The van der Waals surface area contributed by atoms with Crippen molar-refractivity contribution in [2.24, 2.45) is 0 Å². The van der Waals surface area contributed by atoms with E-state index >= 15 is 0 Å². The highest BCUT2D eigenvalue weighted by Gasteiger charge is 2.29. The molecule has 0 N–H and O–H groups in total. The first-order valence-electron chi connectivity index (χ1n) is 6.87. The number of hydrogen-bond donors (Lipinski definition) is 0. The highest BCUT2D eigenvalue weighted by Crippen LogP contribution is 2.25. The molecule has 20 heavy (non-hydrogen) atoms. The minimum absolute atomic E-state index is 0.0122. The molecular formula is C14H21N3O3. The Morgan fingerprint density at radius 1 is 1.35 bits per heavy atom. The van der Waals surface area contributed by atoms with Crippen molar-refractivity contribution >= 4 is 11.8 Å². The number of nitrogens with zero attached hydrogens (tertiary/aromatic N) is 3. The summed E-state index contributed by atoms with van der Waals surface area (Å²) in [5.74, 6) is 0.281. The summed E-state index contributed by atoms with van der Waals surface area (Å²) in [6.07, 6.45) is 0.808. The third-order valence-corrected chi connectivity index (χ3v) is 3.88. The second-order valence-corrected chi connectivity index (χ2v) is 5.39. The van der Waals surface area contributed by atoms with E-state index in [0.29, 0.717) is 18.8 Å².